The molecule has 0 aliphatic rings. The van der Waals surface area contributed by atoms with Crippen molar-refractivity contribution in [3.63, 3.8) is 0 Å². The van der Waals surface area contributed by atoms with Crippen LogP contribution in [-0.2, 0) is 9.09 Å². The molecule has 0 aliphatic heterocycles. The van der Waals surface area contributed by atoms with Crippen LogP contribution in [0.2, 0.25) is 0 Å². The van der Waals surface area contributed by atoms with E-state index in [2.05, 4.69) is 0 Å². The van der Waals surface area contributed by atoms with E-state index in [1.54, 1.807) is 0 Å². The molecule has 0 radical (unpaired) electrons. The van der Waals surface area contributed by atoms with Crippen LogP contribution < -0.4 is 4.52 Å². The predicted molar refractivity (Wildman–Crippen MR) is 71.4 cm³/mol. The Hall–Kier alpha value is -1.52. The summed E-state index contributed by atoms with van der Waals surface area (Å²) in [5.41, 5.74) is -0.538. The van der Waals surface area contributed by atoms with Crippen molar-refractivity contribution in [3.05, 3.63) is 34.4 Å². The molecule has 0 aromatic heterocycles. The van der Waals surface area contributed by atoms with E-state index in [0.717, 1.165) is 0 Å². The lowest BCUT2D eigenvalue weighted by Crippen LogP contribution is -2.23. The molecule has 0 fully saturated rings. The van der Waals surface area contributed by atoms with Crippen molar-refractivity contribution in [1.29, 1.82) is 0 Å². The zero-order valence-corrected chi connectivity index (χ0v) is 12.1. The zero-order chi connectivity index (χ0) is 14.5. The Morgan fingerprint density at radius 2 is 1.79 bits per heavy atom. The molecule has 0 N–H and O–H groups in total. The van der Waals surface area contributed by atoms with E-state index in [4.69, 9.17) is 9.05 Å². The lowest BCUT2D eigenvalue weighted by atomic mass is 10.0. The minimum atomic E-state index is -2.30. The number of hydrogen-bond acceptors (Lipinski definition) is 5. The fraction of sp³-hybridized carbons (Fsp3) is 0.500. The van der Waals surface area contributed by atoms with Gasteiger partial charge in [0, 0.05) is 16.7 Å². The second-order valence-corrected chi connectivity index (χ2v) is 5.13. The molecule has 0 amide bonds. The fourth-order valence-corrected chi connectivity index (χ4v) is 2.24. The molecule has 7 heteroatoms. The molecular weight excluding hydrogens is 269 g/mol. The van der Waals surface area contributed by atoms with Crippen LogP contribution in [0.5, 0.6) is 5.75 Å². The minimum Gasteiger partial charge on any atom is -0.258 e. The van der Waals surface area contributed by atoms with Gasteiger partial charge in [-0.25, -0.2) is 4.52 Å². The average Bonchev–Trinajstić information content (AvgIpc) is 2.39. The highest BCUT2D eigenvalue weighted by atomic mass is 31.1. The Labute approximate surface area is 112 Å². The van der Waals surface area contributed by atoms with Crippen molar-refractivity contribution in [2.75, 3.05) is 0 Å². The summed E-state index contributed by atoms with van der Waals surface area (Å²) in [7, 11) is -2.30. The maximum Gasteiger partial charge on any atom is 0.750 e. The third-order valence-corrected chi connectivity index (χ3v) is 3.97. The molecule has 1 atom stereocenters. The van der Waals surface area contributed by atoms with Gasteiger partial charge in [-0.1, -0.05) is 13.8 Å². The van der Waals surface area contributed by atoms with E-state index < -0.39 is 18.8 Å². The summed E-state index contributed by atoms with van der Waals surface area (Å²) in [6.45, 7) is 5.75. The number of hydrogen-bond donors (Lipinski definition) is 0. The van der Waals surface area contributed by atoms with Gasteiger partial charge < -0.3 is 0 Å². The van der Waals surface area contributed by atoms with E-state index in [0.29, 0.717) is 12.8 Å². The smallest absolute Gasteiger partial charge is 0.258 e. The van der Waals surface area contributed by atoms with Gasteiger partial charge in [0.05, 0.1) is 4.92 Å². The van der Waals surface area contributed by atoms with Crippen molar-refractivity contribution in [3.8, 4) is 5.75 Å². The maximum atomic E-state index is 11.7. The van der Waals surface area contributed by atoms with E-state index >= 15 is 0 Å². The molecule has 0 aliphatic carbocycles. The van der Waals surface area contributed by atoms with E-state index in [9.17, 15) is 14.7 Å². The number of rotatable bonds is 7. The lowest BCUT2D eigenvalue weighted by molar-refractivity contribution is -0.384. The highest BCUT2D eigenvalue weighted by Gasteiger charge is 2.36. The third-order valence-electron chi connectivity index (χ3n) is 3.02. The van der Waals surface area contributed by atoms with Gasteiger partial charge in [0.2, 0.25) is 0 Å². The third kappa shape index (κ3) is 4.58. The van der Waals surface area contributed by atoms with Crippen LogP contribution in [0.1, 0.15) is 33.6 Å². The van der Waals surface area contributed by atoms with Crippen molar-refractivity contribution >= 4 is 13.9 Å². The average molecular weight is 286 g/mol. The van der Waals surface area contributed by atoms with Gasteiger partial charge in [0.1, 0.15) is 5.60 Å². The first kappa shape index (κ1) is 15.5. The van der Waals surface area contributed by atoms with Crippen molar-refractivity contribution in [1.82, 2.24) is 0 Å². The molecule has 104 valence electrons. The van der Waals surface area contributed by atoms with E-state index in [1.165, 1.54) is 24.3 Å². The maximum absolute atomic E-state index is 11.7. The molecule has 6 nitrogen and oxygen atoms in total. The molecule has 1 unspecified atom stereocenters. The lowest BCUT2D eigenvalue weighted by Gasteiger charge is -2.17. The number of nitrogens with zero attached hydrogens (tertiary/aromatic N) is 1. The van der Waals surface area contributed by atoms with Crippen LogP contribution in [0.15, 0.2) is 24.3 Å². The number of benzene rings is 1. The molecular formula is C12H17NO5P+. The second-order valence-electron chi connectivity index (χ2n) is 4.31. The summed E-state index contributed by atoms with van der Waals surface area (Å²) in [5, 5.41) is 10.5. The fourth-order valence-electron chi connectivity index (χ4n) is 1.29. The van der Waals surface area contributed by atoms with Gasteiger partial charge in [-0.2, -0.15) is 0 Å². The van der Waals surface area contributed by atoms with Gasteiger partial charge in [-0.15, -0.1) is 4.52 Å². The summed E-state index contributed by atoms with van der Waals surface area (Å²) in [6, 6.07) is 5.36. The van der Waals surface area contributed by atoms with Gasteiger partial charge in [-0.05, 0) is 31.9 Å². The Morgan fingerprint density at radius 1 is 1.26 bits per heavy atom. The quantitative estimate of drug-likeness (QED) is 0.426. The molecule has 0 spiro atoms. The van der Waals surface area contributed by atoms with Crippen molar-refractivity contribution in [2.45, 2.75) is 39.2 Å². The van der Waals surface area contributed by atoms with E-state index in [1.807, 2.05) is 20.8 Å². The van der Waals surface area contributed by atoms with Gasteiger partial charge >= 0.3 is 8.25 Å². The van der Waals surface area contributed by atoms with E-state index in [-0.39, 0.29) is 11.4 Å². The van der Waals surface area contributed by atoms with Crippen molar-refractivity contribution < 1.29 is 18.5 Å². The molecule has 0 saturated carbocycles. The van der Waals surface area contributed by atoms with Crippen LogP contribution in [0, 0.1) is 10.1 Å². The Balaban J connectivity index is 2.64. The van der Waals surface area contributed by atoms with Gasteiger partial charge in [0.15, 0.2) is 5.75 Å². The van der Waals surface area contributed by atoms with Gasteiger partial charge in [0.25, 0.3) is 5.69 Å². The van der Waals surface area contributed by atoms with Crippen LogP contribution in [-0.4, -0.2) is 10.5 Å². The van der Waals surface area contributed by atoms with Gasteiger partial charge in [-0.3, -0.25) is 10.1 Å². The molecule has 0 heterocycles. The monoisotopic (exact) mass is 286 g/mol. The summed E-state index contributed by atoms with van der Waals surface area (Å²) in [5.74, 6) is 0.279. The number of nitro benzene ring substituents is 1. The minimum absolute atomic E-state index is 0.0459. The normalized spacial score (nSPS) is 12.1. The number of non-ortho nitro benzene ring substituents is 1. The Kier molecular flexibility index (Phi) is 5.39. The first-order valence-electron chi connectivity index (χ1n) is 5.99. The molecule has 1 aromatic carbocycles. The van der Waals surface area contributed by atoms with Crippen LogP contribution in [0.25, 0.3) is 0 Å². The highest BCUT2D eigenvalue weighted by molar-refractivity contribution is 7.33. The first-order chi connectivity index (χ1) is 8.90. The summed E-state index contributed by atoms with van der Waals surface area (Å²) in [4.78, 5) is 9.97. The van der Waals surface area contributed by atoms with Crippen molar-refractivity contribution in [2.24, 2.45) is 0 Å². The Morgan fingerprint density at radius 3 is 2.21 bits per heavy atom. The van der Waals surface area contributed by atoms with Crippen LogP contribution in [0.4, 0.5) is 5.69 Å². The van der Waals surface area contributed by atoms with Crippen LogP contribution >= 0.6 is 8.25 Å². The SMILES string of the molecule is CCC(C)(CC)O[P+](=O)Oc1ccc([N+](=O)[O-])cc1. The molecule has 0 bridgehead atoms. The standard InChI is InChI=1S/C12H17NO5P/c1-4-12(3,5-2)18-19(16)17-11-8-6-10(7-9-11)13(14)15/h6-9H,4-5H2,1-3H3/q+1. The topological polar surface area (TPSA) is 78.7 Å². The predicted octanol–water partition coefficient (Wildman–Crippen LogP) is 4.23. The summed E-state index contributed by atoms with van der Waals surface area (Å²) >= 11 is 0. The molecule has 19 heavy (non-hydrogen) atoms. The summed E-state index contributed by atoms with van der Waals surface area (Å²) in [6.07, 6.45) is 1.43. The Bertz CT molecular complexity index is 456. The second kappa shape index (κ2) is 6.59. The van der Waals surface area contributed by atoms with Crippen LogP contribution in [0.3, 0.4) is 0 Å². The largest absolute Gasteiger partial charge is 0.750 e. The highest BCUT2D eigenvalue weighted by Crippen LogP contribution is 2.36. The summed E-state index contributed by atoms with van der Waals surface area (Å²) < 4.78 is 22.2. The zero-order valence-electron chi connectivity index (χ0n) is 11.2. The molecule has 0 saturated heterocycles. The molecule has 1 aromatic rings. The number of nitro groups is 1. The first-order valence-corrected chi connectivity index (χ1v) is 7.08. The molecule has 1 rings (SSSR count).